The molecule has 3 heterocycles. The summed E-state index contributed by atoms with van der Waals surface area (Å²) in [5.41, 5.74) is 3.65. The highest BCUT2D eigenvalue weighted by Gasteiger charge is 2.31. The number of aromatic nitrogens is 3. The summed E-state index contributed by atoms with van der Waals surface area (Å²) in [6, 6.07) is 21.8. The summed E-state index contributed by atoms with van der Waals surface area (Å²) >= 11 is 0. The van der Waals surface area contributed by atoms with Crippen LogP contribution in [-0.4, -0.2) is 44.2 Å². The van der Waals surface area contributed by atoms with Gasteiger partial charge in [-0.1, -0.05) is 48.0 Å². The van der Waals surface area contributed by atoms with Crippen molar-refractivity contribution in [1.29, 1.82) is 0 Å². The topological polar surface area (TPSA) is 72.2 Å². The highest BCUT2D eigenvalue weighted by molar-refractivity contribution is 5.97. The van der Waals surface area contributed by atoms with Crippen molar-refractivity contribution in [3.8, 4) is 11.5 Å². The number of hydrogen-bond donors (Lipinski definition) is 1. The van der Waals surface area contributed by atoms with Crippen LogP contribution in [0.4, 0.5) is 0 Å². The number of amides is 2. The molecular formula is C28H29N5O2. The van der Waals surface area contributed by atoms with E-state index in [9.17, 15) is 9.59 Å². The molecule has 0 spiro atoms. The van der Waals surface area contributed by atoms with E-state index >= 15 is 0 Å². The van der Waals surface area contributed by atoms with Gasteiger partial charge >= 0.3 is 0 Å². The van der Waals surface area contributed by atoms with Gasteiger partial charge in [0.1, 0.15) is 5.56 Å². The van der Waals surface area contributed by atoms with Crippen LogP contribution in [-0.2, 0) is 11.3 Å². The zero-order chi connectivity index (χ0) is 24.2. The summed E-state index contributed by atoms with van der Waals surface area (Å²) in [5, 5.41) is 7.60. The average Bonchev–Trinajstić information content (AvgIpc) is 3.58. The molecule has 1 aliphatic heterocycles. The highest BCUT2D eigenvalue weighted by Crippen LogP contribution is 2.24. The van der Waals surface area contributed by atoms with Gasteiger partial charge in [0.2, 0.25) is 5.91 Å². The monoisotopic (exact) mass is 467 g/mol. The van der Waals surface area contributed by atoms with Gasteiger partial charge in [-0.05, 0) is 49.6 Å². The molecule has 178 valence electrons. The lowest BCUT2D eigenvalue weighted by Gasteiger charge is -2.32. The quantitative estimate of drug-likeness (QED) is 0.463. The summed E-state index contributed by atoms with van der Waals surface area (Å²) in [7, 11) is 0. The molecule has 2 aromatic heterocycles. The molecule has 4 aromatic rings. The van der Waals surface area contributed by atoms with Crippen molar-refractivity contribution < 1.29 is 9.59 Å². The minimum absolute atomic E-state index is 0.00584. The molecule has 0 radical (unpaired) electrons. The van der Waals surface area contributed by atoms with Crippen LogP contribution in [0.3, 0.4) is 0 Å². The van der Waals surface area contributed by atoms with Crippen molar-refractivity contribution in [3.63, 3.8) is 0 Å². The summed E-state index contributed by atoms with van der Waals surface area (Å²) < 4.78 is 3.69. The maximum Gasteiger partial charge on any atom is 0.259 e. The fourth-order valence-electron chi connectivity index (χ4n) is 4.56. The zero-order valence-corrected chi connectivity index (χ0v) is 19.8. The number of nitrogens with zero attached hydrogens (tertiary/aromatic N) is 4. The molecule has 7 nitrogen and oxygen atoms in total. The average molecular weight is 468 g/mol. The molecule has 1 atom stereocenters. The van der Waals surface area contributed by atoms with Crippen LogP contribution >= 0.6 is 0 Å². The molecular weight excluding hydrogens is 438 g/mol. The molecule has 1 N–H and O–H groups in total. The number of para-hydroxylation sites is 1. The minimum Gasteiger partial charge on any atom is -0.352 e. The van der Waals surface area contributed by atoms with E-state index in [1.165, 1.54) is 5.56 Å². The van der Waals surface area contributed by atoms with Crippen LogP contribution in [0.25, 0.3) is 11.5 Å². The van der Waals surface area contributed by atoms with Crippen molar-refractivity contribution in [2.75, 3.05) is 13.1 Å². The molecule has 35 heavy (non-hydrogen) atoms. The Kier molecular flexibility index (Phi) is 6.48. The molecule has 0 saturated carbocycles. The SMILES string of the molecule is Cc1ccc(CNC(=O)C2CCCN(C(=O)c3cnn(-c4ccccc4)c3-n3cccc3)C2)cc1. The lowest BCUT2D eigenvalue weighted by Crippen LogP contribution is -2.45. The molecule has 2 aromatic carbocycles. The Balaban J connectivity index is 1.33. The van der Waals surface area contributed by atoms with Crippen LogP contribution in [0, 0.1) is 12.8 Å². The second kappa shape index (κ2) is 10.0. The van der Waals surface area contributed by atoms with E-state index in [0.29, 0.717) is 31.0 Å². The van der Waals surface area contributed by atoms with Gasteiger partial charge in [0.25, 0.3) is 5.91 Å². The Bertz CT molecular complexity index is 1290. The van der Waals surface area contributed by atoms with Crippen LogP contribution < -0.4 is 5.32 Å². The number of carbonyl (C=O) groups excluding carboxylic acids is 2. The molecule has 7 heteroatoms. The van der Waals surface area contributed by atoms with E-state index < -0.39 is 0 Å². The minimum atomic E-state index is -0.225. The maximum absolute atomic E-state index is 13.7. The number of benzene rings is 2. The fraction of sp³-hybridized carbons (Fsp3) is 0.250. The lowest BCUT2D eigenvalue weighted by atomic mass is 9.96. The van der Waals surface area contributed by atoms with Crippen molar-refractivity contribution in [2.45, 2.75) is 26.3 Å². The van der Waals surface area contributed by atoms with Crippen LogP contribution in [0.5, 0.6) is 0 Å². The Hall–Kier alpha value is -4.13. The van der Waals surface area contributed by atoms with Gasteiger partial charge in [0, 0.05) is 32.0 Å². The Morgan fingerprint density at radius 1 is 1.00 bits per heavy atom. The van der Waals surface area contributed by atoms with Gasteiger partial charge in [-0.3, -0.25) is 9.59 Å². The molecule has 0 aliphatic carbocycles. The second-order valence-electron chi connectivity index (χ2n) is 9.01. The Morgan fingerprint density at radius 2 is 1.74 bits per heavy atom. The normalized spacial score (nSPS) is 15.7. The van der Waals surface area contributed by atoms with Gasteiger partial charge in [0.15, 0.2) is 5.82 Å². The van der Waals surface area contributed by atoms with E-state index in [1.54, 1.807) is 15.8 Å². The molecule has 1 unspecified atom stereocenters. The first-order chi connectivity index (χ1) is 17.1. The second-order valence-corrected chi connectivity index (χ2v) is 9.01. The third-order valence-corrected chi connectivity index (χ3v) is 6.49. The van der Waals surface area contributed by atoms with Crippen LogP contribution in [0.15, 0.2) is 85.3 Å². The first kappa shape index (κ1) is 22.7. The molecule has 0 bridgehead atoms. The molecule has 2 amide bonds. The molecule has 1 saturated heterocycles. The summed E-state index contributed by atoms with van der Waals surface area (Å²) in [6.45, 7) is 3.56. The highest BCUT2D eigenvalue weighted by atomic mass is 16.2. The molecule has 1 aliphatic rings. The summed E-state index contributed by atoms with van der Waals surface area (Å²) in [4.78, 5) is 28.4. The van der Waals surface area contributed by atoms with Gasteiger partial charge in [-0.2, -0.15) is 5.10 Å². The van der Waals surface area contributed by atoms with E-state index in [2.05, 4.69) is 10.4 Å². The fourth-order valence-corrected chi connectivity index (χ4v) is 4.56. The number of likely N-dealkylation sites (tertiary alicyclic amines) is 1. The zero-order valence-electron chi connectivity index (χ0n) is 19.8. The lowest BCUT2D eigenvalue weighted by molar-refractivity contribution is -0.126. The number of aryl methyl sites for hydroxylation is 1. The van der Waals surface area contributed by atoms with E-state index in [1.807, 2.05) is 90.6 Å². The van der Waals surface area contributed by atoms with Crippen molar-refractivity contribution >= 4 is 11.8 Å². The van der Waals surface area contributed by atoms with E-state index in [0.717, 1.165) is 24.1 Å². The largest absolute Gasteiger partial charge is 0.352 e. The van der Waals surface area contributed by atoms with Gasteiger partial charge in [-0.15, -0.1) is 0 Å². The van der Waals surface area contributed by atoms with Crippen LogP contribution in [0.1, 0.15) is 34.3 Å². The predicted octanol–water partition coefficient (Wildman–Crippen LogP) is 4.14. The van der Waals surface area contributed by atoms with Crippen molar-refractivity contribution in [2.24, 2.45) is 5.92 Å². The van der Waals surface area contributed by atoms with Gasteiger partial charge < -0.3 is 14.8 Å². The smallest absolute Gasteiger partial charge is 0.259 e. The molecule has 1 fully saturated rings. The predicted molar refractivity (Wildman–Crippen MR) is 135 cm³/mol. The first-order valence-corrected chi connectivity index (χ1v) is 12.0. The number of nitrogens with one attached hydrogen (secondary N) is 1. The number of hydrogen-bond acceptors (Lipinski definition) is 3. The molecule has 5 rings (SSSR count). The third-order valence-electron chi connectivity index (χ3n) is 6.49. The van der Waals surface area contributed by atoms with Gasteiger partial charge in [-0.25, -0.2) is 4.68 Å². The third kappa shape index (κ3) is 4.89. The van der Waals surface area contributed by atoms with E-state index in [-0.39, 0.29) is 17.7 Å². The standard InChI is InChI=1S/C28H29N5O2/c1-21-11-13-22(14-12-21)18-29-26(34)23-8-7-17-32(20-23)28(35)25-19-30-33(24-9-3-2-4-10-24)27(25)31-15-5-6-16-31/h2-6,9-16,19,23H,7-8,17-18,20H2,1H3,(H,29,34). The maximum atomic E-state index is 13.7. The Morgan fingerprint density at radius 3 is 2.49 bits per heavy atom. The number of piperidine rings is 1. The summed E-state index contributed by atoms with van der Waals surface area (Å²) in [5.74, 6) is 0.357. The van der Waals surface area contributed by atoms with Crippen molar-refractivity contribution in [3.05, 3.63) is 102 Å². The van der Waals surface area contributed by atoms with Gasteiger partial charge in [0.05, 0.1) is 17.8 Å². The summed E-state index contributed by atoms with van der Waals surface area (Å²) in [6.07, 6.45) is 7.01. The van der Waals surface area contributed by atoms with Crippen LogP contribution in [0.2, 0.25) is 0 Å². The number of rotatable bonds is 6. The Labute approximate surface area is 205 Å². The van der Waals surface area contributed by atoms with Crippen molar-refractivity contribution in [1.82, 2.24) is 24.6 Å². The van der Waals surface area contributed by atoms with E-state index in [4.69, 9.17) is 0 Å². The first-order valence-electron chi connectivity index (χ1n) is 12.0. The number of carbonyl (C=O) groups is 2.